The van der Waals surface area contributed by atoms with E-state index >= 15 is 0 Å². The second-order valence-corrected chi connectivity index (χ2v) is 3.52. The maximum absolute atomic E-state index is 9.78. The molecule has 2 rings (SSSR count). The molecule has 0 aliphatic carbocycles. The molecule has 0 saturated carbocycles. The molecule has 0 radical (unpaired) electrons. The molecule has 0 spiro atoms. The van der Waals surface area contributed by atoms with Gasteiger partial charge in [-0.15, -0.1) is 11.6 Å². The van der Waals surface area contributed by atoms with Crippen LogP contribution in [0.15, 0.2) is 24.5 Å². The largest absolute Gasteiger partial charge is 0.388 e. The first-order valence-electron chi connectivity index (χ1n) is 4.49. The van der Waals surface area contributed by atoms with E-state index < -0.39 is 6.10 Å². The first-order chi connectivity index (χ1) is 6.83. The summed E-state index contributed by atoms with van der Waals surface area (Å²) in [6.07, 6.45) is 3.56. The zero-order valence-electron chi connectivity index (χ0n) is 7.57. The van der Waals surface area contributed by atoms with Gasteiger partial charge in [-0.3, -0.25) is 0 Å². The van der Waals surface area contributed by atoms with Gasteiger partial charge in [0.05, 0.1) is 6.10 Å². The van der Waals surface area contributed by atoms with Gasteiger partial charge >= 0.3 is 0 Å². The normalized spacial score (nSPS) is 13.3. The van der Waals surface area contributed by atoms with Gasteiger partial charge in [0.25, 0.3) is 0 Å². The molecule has 0 unspecified atom stereocenters. The molecule has 2 N–H and O–H groups in total. The van der Waals surface area contributed by atoms with Gasteiger partial charge in [-0.05, 0) is 18.6 Å². The van der Waals surface area contributed by atoms with Crippen molar-refractivity contribution in [3.63, 3.8) is 0 Å². The predicted octanol–water partition coefficient (Wildman–Crippen LogP) is 2.23. The number of H-pyrrole nitrogens is 1. The standard InChI is InChI=1S/C10H11ClN2O/c11-4-3-9(14)8-6-13-10-7(8)2-1-5-12-10/h1-2,5-6,9,14H,3-4H2,(H,12,13)/t9-/m0/s1. The highest BCUT2D eigenvalue weighted by atomic mass is 35.5. The van der Waals surface area contributed by atoms with Crippen molar-refractivity contribution >= 4 is 22.6 Å². The number of aromatic amines is 1. The van der Waals surface area contributed by atoms with Crippen molar-refractivity contribution in [3.8, 4) is 0 Å². The summed E-state index contributed by atoms with van der Waals surface area (Å²) >= 11 is 5.58. The molecule has 0 aliphatic heterocycles. The second kappa shape index (κ2) is 3.98. The number of hydrogen-bond donors (Lipinski definition) is 2. The second-order valence-electron chi connectivity index (χ2n) is 3.14. The summed E-state index contributed by atoms with van der Waals surface area (Å²) < 4.78 is 0. The van der Waals surface area contributed by atoms with E-state index in [-0.39, 0.29) is 0 Å². The molecule has 0 amide bonds. The van der Waals surface area contributed by atoms with Gasteiger partial charge in [0.15, 0.2) is 0 Å². The number of fused-ring (bicyclic) bond motifs is 1. The summed E-state index contributed by atoms with van der Waals surface area (Å²) in [6.45, 7) is 0. The smallest absolute Gasteiger partial charge is 0.137 e. The Bertz CT molecular complexity index is 427. The zero-order valence-corrected chi connectivity index (χ0v) is 8.33. The van der Waals surface area contributed by atoms with Crippen molar-refractivity contribution in [2.24, 2.45) is 0 Å². The number of alkyl halides is 1. The average molecular weight is 211 g/mol. The van der Waals surface area contributed by atoms with E-state index in [4.69, 9.17) is 11.6 Å². The maximum Gasteiger partial charge on any atom is 0.137 e. The van der Waals surface area contributed by atoms with Gasteiger partial charge in [0.1, 0.15) is 5.65 Å². The van der Waals surface area contributed by atoms with Crippen LogP contribution in [0.5, 0.6) is 0 Å². The molecule has 0 bridgehead atoms. The molecule has 2 heterocycles. The molecular weight excluding hydrogens is 200 g/mol. The van der Waals surface area contributed by atoms with Crippen LogP contribution in [0.4, 0.5) is 0 Å². The molecule has 1 atom stereocenters. The molecule has 74 valence electrons. The molecular formula is C10H11ClN2O. The molecule has 0 fully saturated rings. The lowest BCUT2D eigenvalue weighted by Gasteiger charge is -2.06. The lowest BCUT2D eigenvalue weighted by Crippen LogP contribution is -1.96. The van der Waals surface area contributed by atoms with Crippen LogP contribution in [0.1, 0.15) is 18.1 Å². The monoisotopic (exact) mass is 210 g/mol. The van der Waals surface area contributed by atoms with E-state index in [0.717, 1.165) is 16.6 Å². The molecule has 0 saturated heterocycles. The SMILES string of the molecule is O[C@@H](CCCl)c1c[nH]c2ncccc12. The third-order valence-electron chi connectivity index (χ3n) is 2.22. The van der Waals surface area contributed by atoms with Crippen LogP contribution >= 0.6 is 11.6 Å². The Morgan fingerprint density at radius 2 is 2.43 bits per heavy atom. The van der Waals surface area contributed by atoms with Crippen LogP contribution in [-0.4, -0.2) is 21.0 Å². The summed E-state index contributed by atoms with van der Waals surface area (Å²) in [4.78, 5) is 7.16. The fourth-order valence-corrected chi connectivity index (χ4v) is 1.72. The van der Waals surface area contributed by atoms with Gasteiger partial charge in [-0.2, -0.15) is 0 Å². The lowest BCUT2D eigenvalue weighted by atomic mass is 10.1. The van der Waals surface area contributed by atoms with Crippen LogP contribution in [0.3, 0.4) is 0 Å². The molecule has 14 heavy (non-hydrogen) atoms. The van der Waals surface area contributed by atoms with Crippen molar-refractivity contribution < 1.29 is 5.11 Å². The predicted molar refractivity (Wildman–Crippen MR) is 56.4 cm³/mol. The van der Waals surface area contributed by atoms with E-state index in [0.29, 0.717) is 12.3 Å². The topological polar surface area (TPSA) is 48.9 Å². The molecule has 3 nitrogen and oxygen atoms in total. The van der Waals surface area contributed by atoms with Crippen LogP contribution in [0, 0.1) is 0 Å². The van der Waals surface area contributed by atoms with Gasteiger partial charge in [-0.25, -0.2) is 4.98 Å². The first kappa shape index (κ1) is 9.49. The van der Waals surface area contributed by atoms with Gasteiger partial charge in [0, 0.05) is 29.2 Å². The Balaban J connectivity index is 2.42. The molecule has 4 heteroatoms. The van der Waals surface area contributed by atoms with Crippen molar-refractivity contribution in [1.29, 1.82) is 0 Å². The number of aliphatic hydroxyl groups excluding tert-OH is 1. The summed E-state index contributed by atoms with van der Waals surface area (Å²) in [5.74, 6) is 0.452. The lowest BCUT2D eigenvalue weighted by molar-refractivity contribution is 0.176. The Morgan fingerprint density at radius 3 is 3.21 bits per heavy atom. The van der Waals surface area contributed by atoms with Crippen LogP contribution in [0.2, 0.25) is 0 Å². The average Bonchev–Trinajstić information content (AvgIpc) is 2.61. The molecule has 0 aromatic carbocycles. The minimum Gasteiger partial charge on any atom is -0.388 e. The van der Waals surface area contributed by atoms with Gasteiger partial charge in [0.2, 0.25) is 0 Å². The number of aromatic nitrogens is 2. The van der Waals surface area contributed by atoms with E-state index in [2.05, 4.69) is 9.97 Å². The van der Waals surface area contributed by atoms with Gasteiger partial charge in [-0.1, -0.05) is 0 Å². The van der Waals surface area contributed by atoms with Crippen LogP contribution in [-0.2, 0) is 0 Å². The number of hydrogen-bond acceptors (Lipinski definition) is 2. The van der Waals surface area contributed by atoms with Gasteiger partial charge < -0.3 is 10.1 Å². The molecule has 0 aliphatic rings. The molecule has 2 aromatic rings. The third-order valence-corrected chi connectivity index (χ3v) is 2.44. The highest BCUT2D eigenvalue weighted by Gasteiger charge is 2.12. The summed E-state index contributed by atoms with van der Waals surface area (Å²) in [5.41, 5.74) is 1.67. The fourth-order valence-electron chi connectivity index (χ4n) is 1.51. The Hall–Kier alpha value is -1.06. The summed E-state index contributed by atoms with van der Waals surface area (Å²) in [7, 11) is 0. The highest BCUT2D eigenvalue weighted by Crippen LogP contribution is 2.24. The minimum absolute atomic E-state index is 0.452. The maximum atomic E-state index is 9.78. The van der Waals surface area contributed by atoms with Crippen molar-refractivity contribution in [2.75, 3.05) is 5.88 Å². The molecule has 2 aromatic heterocycles. The third kappa shape index (κ3) is 1.61. The minimum atomic E-state index is -0.509. The number of nitrogens with one attached hydrogen (secondary N) is 1. The number of pyridine rings is 1. The fraction of sp³-hybridized carbons (Fsp3) is 0.300. The first-order valence-corrected chi connectivity index (χ1v) is 5.02. The van der Waals surface area contributed by atoms with Crippen molar-refractivity contribution in [1.82, 2.24) is 9.97 Å². The number of aliphatic hydroxyl groups is 1. The Kier molecular flexibility index (Phi) is 2.70. The van der Waals surface area contributed by atoms with E-state index in [1.807, 2.05) is 12.1 Å². The number of halogens is 1. The van der Waals surface area contributed by atoms with Crippen LogP contribution in [0.25, 0.3) is 11.0 Å². The number of nitrogens with zero attached hydrogens (tertiary/aromatic N) is 1. The Labute approximate surface area is 86.7 Å². The number of rotatable bonds is 3. The Morgan fingerprint density at radius 1 is 1.57 bits per heavy atom. The summed E-state index contributed by atoms with van der Waals surface area (Å²) in [5, 5.41) is 10.7. The van der Waals surface area contributed by atoms with Crippen molar-refractivity contribution in [3.05, 3.63) is 30.1 Å². The van der Waals surface area contributed by atoms with Crippen LogP contribution < -0.4 is 0 Å². The quantitative estimate of drug-likeness (QED) is 0.764. The van der Waals surface area contributed by atoms with E-state index in [1.165, 1.54) is 0 Å². The zero-order chi connectivity index (χ0) is 9.97. The summed E-state index contributed by atoms with van der Waals surface area (Å²) in [6, 6.07) is 3.79. The van der Waals surface area contributed by atoms with E-state index in [9.17, 15) is 5.11 Å². The van der Waals surface area contributed by atoms with E-state index in [1.54, 1.807) is 12.4 Å². The van der Waals surface area contributed by atoms with Crippen molar-refractivity contribution in [2.45, 2.75) is 12.5 Å². The highest BCUT2D eigenvalue weighted by molar-refractivity contribution is 6.17.